The van der Waals surface area contributed by atoms with Crippen LogP contribution < -0.4 is 44.1 Å². The summed E-state index contributed by atoms with van der Waals surface area (Å²) in [6.07, 6.45) is -1.41. The fourth-order valence-corrected chi connectivity index (χ4v) is 2.37. The molecule has 1 N–H and O–H groups in total. The van der Waals surface area contributed by atoms with Crippen molar-refractivity contribution in [3.05, 3.63) is 48.5 Å². The monoisotopic (exact) mass is 654 g/mol. The van der Waals surface area contributed by atoms with Crippen LogP contribution in [-0.4, -0.2) is 52.8 Å². The number of carbonyl (C=O) groups is 2. The molecule has 0 atom stereocenters. The van der Waals surface area contributed by atoms with Crippen molar-refractivity contribution in [3.63, 3.8) is 0 Å². The molecule has 0 amide bonds. The van der Waals surface area contributed by atoms with Gasteiger partial charge in [-0.1, -0.05) is 12.1 Å². The van der Waals surface area contributed by atoms with E-state index in [2.05, 4.69) is 9.47 Å². The van der Waals surface area contributed by atoms with Crippen molar-refractivity contribution in [2.75, 3.05) is 38.0 Å². The standard InChI is InChI=1S/C9H10ClNO2.C8H11NO.C3Cl6O3.Na.H/c1-11(2)7-4-3-5-8(6-7)13-9(10)12;1-9(2)7-4-3-5-8(10)6-7;4-2(5,6)11-1(10)12-3(7,8)9;;/h3-6H,1-2H3;3-6,10H,1-2H3;;;/q;;;+1;-1. The largest absolute Gasteiger partial charge is 1.00 e. The molecule has 0 saturated carbocycles. The van der Waals surface area contributed by atoms with Crippen molar-refractivity contribution in [3.8, 4) is 11.5 Å². The van der Waals surface area contributed by atoms with Crippen molar-refractivity contribution in [2.24, 2.45) is 0 Å². The summed E-state index contributed by atoms with van der Waals surface area (Å²) in [4.78, 5) is 24.8. The molecule has 0 aliphatic rings. The first-order chi connectivity index (χ1) is 15.9. The van der Waals surface area contributed by atoms with Crippen molar-refractivity contribution in [1.29, 1.82) is 0 Å². The Labute approximate surface area is 267 Å². The van der Waals surface area contributed by atoms with Crippen LogP contribution in [0.1, 0.15) is 1.43 Å². The van der Waals surface area contributed by atoms with Gasteiger partial charge in [0.1, 0.15) is 11.5 Å². The summed E-state index contributed by atoms with van der Waals surface area (Å²) in [6, 6.07) is 14.3. The van der Waals surface area contributed by atoms with Gasteiger partial charge in [0.05, 0.1) is 0 Å². The van der Waals surface area contributed by atoms with Gasteiger partial charge in [-0.3, -0.25) is 0 Å². The number of alkyl halides is 6. The molecule has 0 heterocycles. The zero-order chi connectivity index (χ0) is 27.4. The molecule has 2 aromatic rings. The number of ether oxygens (including phenoxy) is 3. The maximum Gasteiger partial charge on any atom is 1.00 e. The Hall–Kier alpha value is -0.390. The average molecular weight is 658 g/mol. The van der Waals surface area contributed by atoms with Crippen LogP contribution in [0.25, 0.3) is 0 Å². The molecule has 0 bridgehead atoms. The van der Waals surface area contributed by atoms with E-state index in [0.717, 1.165) is 11.4 Å². The number of anilines is 2. The van der Waals surface area contributed by atoms with Gasteiger partial charge >= 0.3 is 49.1 Å². The number of halogens is 7. The third-order valence-electron chi connectivity index (χ3n) is 3.28. The molecule has 0 fully saturated rings. The van der Waals surface area contributed by atoms with Crippen LogP contribution in [0.5, 0.6) is 11.5 Å². The maximum absolute atomic E-state index is 10.5. The maximum atomic E-state index is 10.5. The fraction of sp³-hybridized carbons (Fsp3) is 0.300. The first-order valence-electron chi connectivity index (χ1n) is 9.06. The summed E-state index contributed by atoms with van der Waals surface area (Å²) in [7, 11) is 7.69. The van der Waals surface area contributed by atoms with E-state index in [0.29, 0.717) is 11.5 Å². The summed E-state index contributed by atoms with van der Waals surface area (Å²) < 4.78 is 8.21. The topological polar surface area (TPSA) is 88.5 Å². The summed E-state index contributed by atoms with van der Waals surface area (Å²) in [6.45, 7) is 0. The molecule has 0 aliphatic heterocycles. The first-order valence-corrected chi connectivity index (χ1v) is 11.7. The molecule has 198 valence electrons. The Bertz CT molecular complexity index is 945. The Morgan fingerprint density at radius 3 is 1.56 bits per heavy atom. The molecular formula is C20H22Cl7N2NaO6. The van der Waals surface area contributed by atoms with Crippen molar-refractivity contribution in [1.82, 2.24) is 0 Å². The fourth-order valence-electron chi connectivity index (χ4n) is 1.90. The third-order valence-corrected chi connectivity index (χ3v) is 3.82. The van der Waals surface area contributed by atoms with E-state index in [1.54, 1.807) is 30.3 Å². The molecule has 0 radical (unpaired) electrons. The van der Waals surface area contributed by atoms with Gasteiger partial charge in [-0.15, -0.1) is 0 Å². The van der Waals surface area contributed by atoms with Crippen LogP contribution in [0.2, 0.25) is 0 Å². The van der Waals surface area contributed by atoms with E-state index in [1.807, 2.05) is 56.2 Å². The molecule has 36 heavy (non-hydrogen) atoms. The Balaban J connectivity index is -0.000000460. The minimum atomic E-state index is -2.24. The second kappa shape index (κ2) is 18.0. The number of benzene rings is 2. The van der Waals surface area contributed by atoms with Crippen molar-refractivity contribution >= 4 is 104 Å². The Morgan fingerprint density at radius 2 is 1.22 bits per heavy atom. The third kappa shape index (κ3) is 20.6. The molecule has 0 aromatic heterocycles. The number of phenols is 1. The van der Waals surface area contributed by atoms with Crippen LogP contribution in [0.15, 0.2) is 48.5 Å². The second-order valence-electron chi connectivity index (χ2n) is 6.49. The van der Waals surface area contributed by atoms with E-state index in [9.17, 15) is 9.59 Å². The van der Waals surface area contributed by atoms with Gasteiger partial charge in [0.25, 0.3) is 0 Å². The van der Waals surface area contributed by atoms with Crippen LogP contribution in [0, 0.1) is 0 Å². The molecule has 0 spiro atoms. The van der Waals surface area contributed by atoms with Gasteiger partial charge in [0.15, 0.2) is 0 Å². The van der Waals surface area contributed by atoms with E-state index in [4.69, 9.17) is 91.0 Å². The molecule has 16 heteroatoms. The van der Waals surface area contributed by atoms with Crippen LogP contribution in [0.3, 0.4) is 0 Å². The number of aromatic hydroxyl groups is 1. The van der Waals surface area contributed by atoms with Gasteiger partial charge in [0, 0.05) is 63.3 Å². The zero-order valence-electron chi connectivity index (χ0n) is 20.6. The normalized spacial score (nSPS) is 10.2. The van der Waals surface area contributed by atoms with Crippen molar-refractivity contribution < 1.29 is 59.9 Å². The van der Waals surface area contributed by atoms with E-state index < -0.39 is 19.5 Å². The zero-order valence-corrected chi connectivity index (χ0v) is 26.9. The minimum Gasteiger partial charge on any atom is -1.00 e. The number of phenolic OH excluding ortho intramolecular Hbond substituents is 1. The van der Waals surface area contributed by atoms with Gasteiger partial charge in [-0.25, -0.2) is 9.59 Å². The molecule has 0 saturated heterocycles. The quantitative estimate of drug-likeness (QED) is 0.217. The summed E-state index contributed by atoms with van der Waals surface area (Å²) >= 11 is 35.3. The smallest absolute Gasteiger partial charge is 1.00 e. The van der Waals surface area contributed by atoms with Crippen LogP contribution >= 0.6 is 81.2 Å². The van der Waals surface area contributed by atoms with E-state index in [-0.39, 0.29) is 31.0 Å². The number of hydrogen-bond donors (Lipinski definition) is 1. The first kappa shape index (κ1) is 37.8. The SMILES string of the molecule is CN(C)c1cccc(O)c1.CN(C)c1cccc(OC(=O)Cl)c1.O=C(OC(Cl)(Cl)Cl)OC(Cl)(Cl)Cl.[H-].[Na+]. The van der Waals surface area contributed by atoms with Gasteiger partial charge in [-0.05, 0) is 93.9 Å². The molecule has 0 aliphatic carbocycles. The average Bonchev–Trinajstić information content (AvgIpc) is 2.65. The van der Waals surface area contributed by atoms with Crippen molar-refractivity contribution in [2.45, 2.75) is 7.96 Å². The molecule has 2 aromatic carbocycles. The van der Waals surface area contributed by atoms with E-state index >= 15 is 0 Å². The van der Waals surface area contributed by atoms with E-state index in [1.165, 1.54) is 0 Å². The number of carbonyl (C=O) groups excluding carboxylic acids is 2. The molecule has 2 rings (SSSR count). The van der Waals surface area contributed by atoms with Gasteiger partial charge in [-0.2, -0.15) is 0 Å². The van der Waals surface area contributed by atoms with Gasteiger partial charge in [0.2, 0.25) is 0 Å². The summed E-state index contributed by atoms with van der Waals surface area (Å²) in [5.74, 6) is 0.761. The van der Waals surface area contributed by atoms with Crippen LogP contribution in [0.4, 0.5) is 21.0 Å². The van der Waals surface area contributed by atoms with Gasteiger partial charge < -0.3 is 30.5 Å². The summed E-state index contributed by atoms with van der Waals surface area (Å²) in [5, 5.41) is 9.04. The minimum absolute atomic E-state index is 0. The molecule has 0 unspecified atom stereocenters. The predicted molar refractivity (Wildman–Crippen MR) is 144 cm³/mol. The second-order valence-corrected chi connectivity index (χ2v) is 11.2. The Morgan fingerprint density at radius 1 is 0.806 bits per heavy atom. The predicted octanol–water partition coefficient (Wildman–Crippen LogP) is 4.86. The number of rotatable bonds is 3. The number of nitrogens with zero attached hydrogens (tertiary/aromatic N) is 2. The molecule has 8 nitrogen and oxygen atoms in total. The van der Waals surface area contributed by atoms with Crippen LogP contribution in [-0.2, 0) is 9.47 Å². The number of hydrogen-bond acceptors (Lipinski definition) is 8. The molecular weight excluding hydrogens is 635 g/mol. The summed E-state index contributed by atoms with van der Waals surface area (Å²) in [5.41, 5.74) is 1.14. The Kier molecular flexibility index (Phi) is 18.9.